The van der Waals surface area contributed by atoms with Crippen molar-refractivity contribution >= 4 is 29.8 Å². The summed E-state index contributed by atoms with van der Waals surface area (Å²) >= 11 is 0. The quantitative estimate of drug-likeness (QED) is 0.231. The summed E-state index contributed by atoms with van der Waals surface area (Å²) in [5, 5.41) is 20.6. The second kappa shape index (κ2) is 12.6. The lowest BCUT2D eigenvalue weighted by atomic mass is 10.1. The van der Waals surface area contributed by atoms with E-state index in [4.69, 9.17) is 5.11 Å². The predicted octanol–water partition coefficient (Wildman–Crippen LogP) is 2.02. The zero-order chi connectivity index (χ0) is 27.6. The molecule has 0 unspecified atom stereocenters. The molecule has 4 aromatic rings. The zero-order valence-corrected chi connectivity index (χ0v) is 20.6. The maximum Gasteiger partial charge on any atom is 0.322 e. The Kier molecular flexibility index (Phi) is 8.55. The van der Waals surface area contributed by atoms with Crippen LogP contribution in [-0.2, 0) is 14.4 Å². The third kappa shape index (κ3) is 7.23. The minimum absolute atomic E-state index is 0.146. The Bertz CT molecular complexity index is 1500. The number of nitrogens with zero attached hydrogens (tertiary/aromatic N) is 3. The van der Waals surface area contributed by atoms with Crippen LogP contribution in [-0.4, -0.2) is 56.7 Å². The molecule has 3 amide bonds. The molecule has 2 heterocycles. The normalized spacial score (nSPS) is 10.9. The van der Waals surface area contributed by atoms with Crippen LogP contribution >= 0.6 is 0 Å². The highest BCUT2D eigenvalue weighted by Crippen LogP contribution is 2.25. The lowest BCUT2D eigenvalue weighted by Crippen LogP contribution is -2.41. The highest BCUT2D eigenvalue weighted by Gasteiger charge is 2.19. The van der Waals surface area contributed by atoms with Gasteiger partial charge in [0.1, 0.15) is 17.9 Å². The molecule has 0 spiro atoms. The molecule has 0 aliphatic rings. The number of aliphatic carboxylic acids is 1. The van der Waals surface area contributed by atoms with Gasteiger partial charge in [-0.15, -0.1) is 0 Å². The molecule has 0 fully saturated rings. The summed E-state index contributed by atoms with van der Waals surface area (Å²) in [4.78, 5) is 52.9. The lowest BCUT2D eigenvalue weighted by molar-refractivity contribution is -0.137. The van der Waals surface area contributed by atoms with E-state index in [9.17, 15) is 19.2 Å². The topological polar surface area (TPSA) is 155 Å². The molecule has 196 valence electrons. The second-order valence-electron chi connectivity index (χ2n) is 8.19. The number of carboxylic acid groups (broad SMARTS) is 1. The third-order valence-corrected chi connectivity index (χ3v) is 5.37. The Morgan fingerprint density at radius 2 is 1.59 bits per heavy atom. The Balaban J connectivity index is 1.70. The molecule has 4 rings (SSSR count). The van der Waals surface area contributed by atoms with Crippen LogP contribution in [0.3, 0.4) is 0 Å². The van der Waals surface area contributed by atoms with E-state index in [1.165, 1.54) is 6.08 Å². The molecule has 11 nitrogen and oxygen atoms in total. The molecule has 2 aromatic carbocycles. The number of rotatable bonds is 10. The largest absolute Gasteiger partial charge is 0.480 e. The van der Waals surface area contributed by atoms with Crippen molar-refractivity contribution in [3.05, 3.63) is 108 Å². The van der Waals surface area contributed by atoms with Gasteiger partial charge < -0.3 is 21.1 Å². The molecule has 0 aliphatic carbocycles. The van der Waals surface area contributed by atoms with E-state index in [0.29, 0.717) is 22.4 Å². The van der Waals surface area contributed by atoms with Gasteiger partial charge in [-0.1, -0.05) is 36.4 Å². The van der Waals surface area contributed by atoms with Crippen LogP contribution in [0.4, 0.5) is 0 Å². The average Bonchev–Trinajstić information content (AvgIpc) is 3.39. The number of para-hydroxylation sites is 1. The first-order chi connectivity index (χ1) is 18.9. The molecular weight excluding hydrogens is 500 g/mol. The van der Waals surface area contributed by atoms with Gasteiger partial charge in [0, 0.05) is 35.3 Å². The molecule has 0 radical (unpaired) electrons. The van der Waals surface area contributed by atoms with Gasteiger partial charge in [0.25, 0.3) is 11.8 Å². The molecule has 0 aliphatic heterocycles. The minimum Gasteiger partial charge on any atom is -0.480 e. The van der Waals surface area contributed by atoms with Crippen LogP contribution in [0.15, 0.2) is 97.1 Å². The highest BCUT2D eigenvalue weighted by atomic mass is 16.4. The minimum atomic E-state index is -1.22. The number of carbonyl (C=O) groups excluding carboxylic acids is 3. The number of amides is 3. The van der Waals surface area contributed by atoms with E-state index in [2.05, 4.69) is 26.0 Å². The summed E-state index contributed by atoms with van der Waals surface area (Å²) in [6.45, 7) is -1.08. The molecule has 0 saturated heterocycles. The van der Waals surface area contributed by atoms with E-state index < -0.39 is 36.8 Å². The fraction of sp³-hybridized carbons (Fsp3) is 0.0714. The molecule has 39 heavy (non-hydrogen) atoms. The smallest absolute Gasteiger partial charge is 0.322 e. The number of benzene rings is 2. The average molecular weight is 525 g/mol. The number of carbonyl (C=O) groups is 4. The maximum atomic E-state index is 13.2. The van der Waals surface area contributed by atoms with Crippen molar-refractivity contribution in [2.75, 3.05) is 13.1 Å². The summed E-state index contributed by atoms with van der Waals surface area (Å²) in [7, 11) is 0. The first-order valence-corrected chi connectivity index (χ1v) is 11.8. The summed E-state index contributed by atoms with van der Waals surface area (Å²) in [5.74, 6) is -3.21. The lowest BCUT2D eigenvalue weighted by Gasteiger charge is -2.11. The SMILES string of the molecule is O=C(O)CNC(=O)CNC(=O)/C(=C/c1cn(-c2ccccc2)nc1-c1cccnc1)NC(=O)c1ccccc1. The monoisotopic (exact) mass is 524 g/mol. The van der Waals surface area contributed by atoms with Crippen molar-refractivity contribution < 1.29 is 24.3 Å². The van der Waals surface area contributed by atoms with Crippen molar-refractivity contribution in [1.29, 1.82) is 0 Å². The van der Waals surface area contributed by atoms with Crippen molar-refractivity contribution in [3.8, 4) is 16.9 Å². The Morgan fingerprint density at radius 1 is 0.872 bits per heavy atom. The van der Waals surface area contributed by atoms with Gasteiger partial charge in [0.2, 0.25) is 5.91 Å². The van der Waals surface area contributed by atoms with Gasteiger partial charge >= 0.3 is 5.97 Å². The summed E-state index contributed by atoms with van der Waals surface area (Å²) in [6.07, 6.45) is 6.42. The number of pyridine rings is 1. The van der Waals surface area contributed by atoms with E-state index in [0.717, 1.165) is 5.69 Å². The summed E-state index contributed by atoms with van der Waals surface area (Å²) < 4.78 is 1.64. The number of hydrogen-bond acceptors (Lipinski definition) is 6. The van der Waals surface area contributed by atoms with Crippen LogP contribution in [0.2, 0.25) is 0 Å². The van der Waals surface area contributed by atoms with Gasteiger partial charge in [0.05, 0.1) is 12.2 Å². The Morgan fingerprint density at radius 3 is 2.26 bits per heavy atom. The fourth-order valence-electron chi connectivity index (χ4n) is 3.52. The zero-order valence-electron chi connectivity index (χ0n) is 20.6. The van der Waals surface area contributed by atoms with E-state index in [1.54, 1.807) is 59.7 Å². The highest BCUT2D eigenvalue weighted by molar-refractivity contribution is 6.06. The Labute approximate surface area is 223 Å². The first-order valence-electron chi connectivity index (χ1n) is 11.8. The third-order valence-electron chi connectivity index (χ3n) is 5.37. The molecule has 0 atom stereocenters. The molecule has 2 aromatic heterocycles. The Hall–Kier alpha value is -5.58. The standard InChI is InChI=1S/C28H24N6O5/c35-24(30-17-25(36)37)16-31-28(39)23(32-27(38)19-8-3-1-4-9-19)14-21-18-34(22-11-5-2-6-12-22)33-26(21)20-10-7-13-29-15-20/h1-15,18H,16-17H2,(H,30,35)(H,31,39)(H,32,38)(H,36,37)/b23-14-. The van der Waals surface area contributed by atoms with Crippen LogP contribution in [0.25, 0.3) is 23.0 Å². The number of aromatic nitrogens is 3. The fourth-order valence-corrected chi connectivity index (χ4v) is 3.52. The van der Waals surface area contributed by atoms with E-state index in [1.807, 2.05) is 36.4 Å². The van der Waals surface area contributed by atoms with E-state index in [-0.39, 0.29) is 5.70 Å². The van der Waals surface area contributed by atoms with Crippen molar-refractivity contribution in [2.45, 2.75) is 0 Å². The van der Waals surface area contributed by atoms with Crippen LogP contribution in [0.5, 0.6) is 0 Å². The maximum absolute atomic E-state index is 13.2. The van der Waals surface area contributed by atoms with Crippen LogP contribution < -0.4 is 16.0 Å². The van der Waals surface area contributed by atoms with Crippen LogP contribution in [0.1, 0.15) is 15.9 Å². The second-order valence-corrected chi connectivity index (χ2v) is 8.19. The number of hydrogen-bond donors (Lipinski definition) is 4. The van der Waals surface area contributed by atoms with Gasteiger partial charge in [0.15, 0.2) is 0 Å². The van der Waals surface area contributed by atoms with E-state index >= 15 is 0 Å². The summed E-state index contributed by atoms with van der Waals surface area (Å²) in [5.41, 5.74) is 2.64. The molecule has 11 heteroatoms. The molecule has 0 saturated carbocycles. The van der Waals surface area contributed by atoms with Gasteiger partial charge in [-0.3, -0.25) is 24.2 Å². The van der Waals surface area contributed by atoms with Gasteiger partial charge in [-0.05, 0) is 42.5 Å². The predicted molar refractivity (Wildman–Crippen MR) is 142 cm³/mol. The van der Waals surface area contributed by atoms with Crippen molar-refractivity contribution in [3.63, 3.8) is 0 Å². The van der Waals surface area contributed by atoms with Gasteiger partial charge in [-0.25, -0.2) is 4.68 Å². The summed E-state index contributed by atoms with van der Waals surface area (Å²) in [6, 6.07) is 21.3. The van der Waals surface area contributed by atoms with Crippen molar-refractivity contribution in [1.82, 2.24) is 30.7 Å². The number of carboxylic acids is 1. The number of nitrogens with one attached hydrogen (secondary N) is 3. The van der Waals surface area contributed by atoms with Gasteiger partial charge in [-0.2, -0.15) is 5.10 Å². The molecule has 0 bridgehead atoms. The molecular formula is C28H24N6O5. The molecule has 4 N–H and O–H groups in total. The first kappa shape index (κ1) is 26.5. The van der Waals surface area contributed by atoms with Crippen LogP contribution in [0, 0.1) is 0 Å². The van der Waals surface area contributed by atoms with Crippen molar-refractivity contribution in [2.24, 2.45) is 0 Å².